The van der Waals surface area contributed by atoms with Crippen molar-refractivity contribution in [3.63, 3.8) is 0 Å². The van der Waals surface area contributed by atoms with Gasteiger partial charge in [-0.1, -0.05) is 20.8 Å². The Balaban J connectivity index is 2.52. The smallest absolute Gasteiger partial charge is 0.270 e. The van der Waals surface area contributed by atoms with Gasteiger partial charge >= 0.3 is 0 Å². The molecule has 0 fully saturated rings. The molecule has 1 unspecified atom stereocenters. The zero-order valence-electron chi connectivity index (χ0n) is 11.1. The largest absolute Gasteiger partial charge is 0.360 e. The van der Waals surface area contributed by atoms with Crippen molar-refractivity contribution in [3.05, 3.63) is 40.1 Å². The van der Waals surface area contributed by atoms with Crippen LogP contribution >= 0.6 is 0 Å². The summed E-state index contributed by atoms with van der Waals surface area (Å²) in [6.45, 7) is 5.85. The van der Waals surface area contributed by atoms with E-state index in [0.29, 0.717) is 10.9 Å². The van der Waals surface area contributed by atoms with Crippen molar-refractivity contribution in [3.8, 4) is 0 Å². The van der Waals surface area contributed by atoms with Gasteiger partial charge in [0.25, 0.3) is 5.69 Å². The van der Waals surface area contributed by atoms with E-state index in [1.807, 2.05) is 20.8 Å². The Morgan fingerprint density at radius 3 is 2.58 bits per heavy atom. The molecule has 1 N–H and O–H groups in total. The fourth-order valence-electron chi connectivity index (χ4n) is 1.97. The van der Waals surface area contributed by atoms with Crippen LogP contribution < -0.4 is 0 Å². The molecule has 0 aliphatic heterocycles. The third kappa shape index (κ3) is 2.36. The van der Waals surface area contributed by atoms with E-state index in [1.165, 1.54) is 12.1 Å². The van der Waals surface area contributed by atoms with Crippen molar-refractivity contribution in [1.82, 2.24) is 4.98 Å². The van der Waals surface area contributed by atoms with E-state index in [9.17, 15) is 14.9 Å². The normalized spacial score (nSPS) is 12.8. The number of ketones is 1. The number of nitrogens with one attached hydrogen (secondary N) is 1. The van der Waals surface area contributed by atoms with Crippen molar-refractivity contribution < 1.29 is 9.72 Å². The molecule has 0 aliphatic rings. The average Bonchev–Trinajstić information content (AvgIpc) is 2.79. The SMILES string of the molecule is CC(C)C(C)C(=O)c1c[nH]c2ccc([N+](=O)[O-])cc12. The van der Waals surface area contributed by atoms with E-state index in [2.05, 4.69) is 4.98 Å². The Morgan fingerprint density at radius 2 is 2.00 bits per heavy atom. The molecular formula is C14H16N2O3. The zero-order valence-corrected chi connectivity index (χ0v) is 11.1. The summed E-state index contributed by atoms with van der Waals surface area (Å²) < 4.78 is 0. The first-order valence-electron chi connectivity index (χ1n) is 6.21. The molecule has 2 aromatic rings. The van der Waals surface area contributed by atoms with Crippen molar-refractivity contribution in [2.45, 2.75) is 20.8 Å². The van der Waals surface area contributed by atoms with E-state index in [0.717, 1.165) is 5.52 Å². The second kappa shape index (κ2) is 4.84. The lowest BCUT2D eigenvalue weighted by Gasteiger charge is -2.13. The number of benzene rings is 1. The third-order valence-corrected chi connectivity index (χ3v) is 3.56. The molecule has 19 heavy (non-hydrogen) atoms. The minimum Gasteiger partial charge on any atom is -0.360 e. The molecule has 0 bridgehead atoms. The molecule has 0 saturated carbocycles. The first-order valence-corrected chi connectivity index (χ1v) is 6.21. The van der Waals surface area contributed by atoms with Crippen molar-refractivity contribution in [2.75, 3.05) is 0 Å². The van der Waals surface area contributed by atoms with Crippen LogP contribution in [-0.2, 0) is 0 Å². The number of carbonyl (C=O) groups is 1. The Morgan fingerprint density at radius 1 is 1.32 bits per heavy atom. The summed E-state index contributed by atoms with van der Waals surface area (Å²) in [6.07, 6.45) is 1.63. The summed E-state index contributed by atoms with van der Waals surface area (Å²) in [5.41, 5.74) is 1.27. The molecule has 1 heterocycles. The molecule has 5 nitrogen and oxygen atoms in total. The van der Waals surface area contributed by atoms with Crippen LogP contribution in [0.2, 0.25) is 0 Å². The van der Waals surface area contributed by atoms with Gasteiger partial charge in [-0.05, 0) is 12.0 Å². The Bertz CT molecular complexity index is 643. The summed E-state index contributed by atoms with van der Waals surface area (Å²) in [5.74, 6) is 0.135. The molecule has 1 aromatic heterocycles. The molecule has 0 radical (unpaired) electrons. The van der Waals surface area contributed by atoms with Gasteiger partial charge in [-0.2, -0.15) is 0 Å². The van der Waals surface area contributed by atoms with Crippen molar-refractivity contribution in [2.24, 2.45) is 11.8 Å². The topological polar surface area (TPSA) is 76.0 Å². The van der Waals surface area contributed by atoms with Crippen LogP contribution in [0.5, 0.6) is 0 Å². The van der Waals surface area contributed by atoms with Gasteiger partial charge in [-0.25, -0.2) is 0 Å². The second-order valence-electron chi connectivity index (χ2n) is 5.09. The van der Waals surface area contributed by atoms with Crippen LogP contribution in [0.25, 0.3) is 10.9 Å². The van der Waals surface area contributed by atoms with Crippen molar-refractivity contribution in [1.29, 1.82) is 0 Å². The molecule has 2 rings (SSSR count). The minimum absolute atomic E-state index is 0.00153. The third-order valence-electron chi connectivity index (χ3n) is 3.56. The number of nitro benzene ring substituents is 1. The van der Waals surface area contributed by atoms with Crippen LogP contribution in [0.15, 0.2) is 24.4 Å². The molecule has 5 heteroatoms. The zero-order chi connectivity index (χ0) is 14.2. The van der Waals surface area contributed by atoms with Gasteiger partial charge in [0.05, 0.1) is 4.92 Å². The predicted molar refractivity (Wildman–Crippen MR) is 73.3 cm³/mol. The van der Waals surface area contributed by atoms with Gasteiger partial charge in [0.1, 0.15) is 0 Å². The van der Waals surface area contributed by atoms with E-state index in [4.69, 9.17) is 0 Å². The summed E-state index contributed by atoms with van der Waals surface area (Å²) in [7, 11) is 0. The molecule has 1 aromatic carbocycles. The first-order chi connectivity index (χ1) is 8.91. The summed E-state index contributed by atoms with van der Waals surface area (Å²) >= 11 is 0. The summed E-state index contributed by atoms with van der Waals surface area (Å²) in [5, 5.41) is 11.4. The first kappa shape index (κ1) is 13.3. The molecular weight excluding hydrogens is 244 g/mol. The van der Waals surface area contributed by atoms with Gasteiger partial charge in [-0.15, -0.1) is 0 Å². The number of carbonyl (C=O) groups excluding carboxylic acids is 1. The van der Waals surface area contributed by atoms with Crippen LogP contribution in [-0.4, -0.2) is 15.7 Å². The number of H-pyrrole nitrogens is 1. The van der Waals surface area contributed by atoms with Gasteiger partial charge in [0.15, 0.2) is 5.78 Å². The number of aromatic amines is 1. The summed E-state index contributed by atoms with van der Waals surface area (Å²) in [4.78, 5) is 25.7. The molecule has 0 amide bonds. The maximum Gasteiger partial charge on any atom is 0.270 e. The molecule has 0 saturated heterocycles. The highest BCUT2D eigenvalue weighted by atomic mass is 16.6. The summed E-state index contributed by atoms with van der Waals surface area (Å²) in [6, 6.07) is 4.51. The van der Waals surface area contributed by atoms with E-state index >= 15 is 0 Å². The molecule has 0 spiro atoms. The lowest BCUT2D eigenvalue weighted by atomic mass is 9.89. The lowest BCUT2D eigenvalue weighted by molar-refractivity contribution is -0.384. The molecule has 0 aliphatic carbocycles. The van der Waals surface area contributed by atoms with Crippen LogP contribution in [0.1, 0.15) is 31.1 Å². The number of hydrogen-bond donors (Lipinski definition) is 1. The number of non-ortho nitro benzene ring substituents is 1. The van der Waals surface area contributed by atoms with E-state index in [1.54, 1.807) is 12.3 Å². The number of fused-ring (bicyclic) bond motifs is 1. The maximum atomic E-state index is 12.4. The minimum atomic E-state index is -0.452. The van der Waals surface area contributed by atoms with Gasteiger partial charge in [0.2, 0.25) is 0 Å². The monoisotopic (exact) mass is 260 g/mol. The highest BCUT2D eigenvalue weighted by Crippen LogP contribution is 2.27. The van der Waals surface area contributed by atoms with Crippen LogP contribution in [0.4, 0.5) is 5.69 Å². The average molecular weight is 260 g/mol. The lowest BCUT2D eigenvalue weighted by Crippen LogP contribution is -2.16. The maximum absolute atomic E-state index is 12.4. The van der Waals surface area contributed by atoms with Crippen LogP contribution in [0.3, 0.4) is 0 Å². The number of rotatable bonds is 4. The van der Waals surface area contributed by atoms with Gasteiger partial charge in [0, 0.05) is 40.7 Å². The molecule has 1 atom stereocenters. The fraction of sp³-hybridized carbons (Fsp3) is 0.357. The predicted octanol–water partition coefficient (Wildman–Crippen LogP) is 3.55. The van der Waals surface area contributed by atoms with E-state index in [-0.39, 0.29) is 23.3 Å². The number of nitrogens with zero attached hydrogens (tertiary/aromatic N) is 1. The van der Waals surface area contributed by atoms with Gasteiger partial charge < -0.3 is 4.98 Å². The number of nitro groups is 1. The van der Waals surface area contributed by atoms with Crippen LogP contribution in [0, 0.1) is 22.0 Å². The van der Waals surface area contributed by atoms with E-state index < -0.39 is 4.92 Å². The number of aromatic nitrogens is 1. The quantitative estimate of drug-likeness (QED) is 0.519. The molecule has 100 valence electrons. The van der Waals surface area contributed by atoms with Gasteiger partial charge in [-0.3, -0.25) is 14.9 Å². The highest BCUT2D eigenvalue weighted by molar-refractivity contribution is 6.09. The Kier molecular flexibility index (Phi) is 3.38. The number of Topliss-reactive ketones (excluding diaryl/α,β-unsaturated/α-hetero) is 1. The fourth-order valence-corrected chi connectivity index (χ4v) is 1.97. The Hall–Kier alpha value is -2.17. The standard InChI is InChI=1S/C14H16N2O3/c1-8(2)9(3)14(17)12-7-15-13-5-4-10(16(18)19)6-11(12)13/h4-9,15H,1-3H3. The second-order valence-corrected chi connectivity index (χ2v) is 5.09. The van der Waals surface area contributed by atoms with Crippen molar-refractivity contribution >= 4 is 22.4 Å². The number of hydrogen-bond acceptors (Lipinski definition) is 3. The Labute approximate surface area is 110 Å². The highest BCUT2D eigenvalue weighted by Gasteiger charge is 2.22.